The summed E-state index contributed by atoms with van der Waals surface area (Å²) in [5, 5.41) is 0. The van der Waals surface area contributed by atoms with Gasteiger partial charge in [-0.05, 0) is 12.0 Å². The summed E-state index contributed by atoms with van der Waals surface area (Å²) >= 11 is 0. The number of aldehydes is 1. The van der Waals surface area contributed by atoms with Crippen LogP contribution in [-0.4, -0.2) is 6.29 Å². The van der Waals surface area contributed by atoms with E-state index in [-0.39, 0.29) is 11.8 Å². The Kier molecular flexibility index (Phi) is 3.33. The number of halogens is 2. The van der Waals surface area contributed by atoms with Crippen molar-refractivity contribution in [2.75, 3.05) is 0 Å². The maximum absolute atomic E-state index is 13.1. The molecule has 1 aromatic carbocycles. The van der Waals surface area contributed by atoms with Gasteiger partial charge in [0.25, 0.3) is 0 Å². The first kappa shape index (κ1) is 10.8. The van der Waals surface area contributed by atoms with E-state index in [1.807, 2.05) is 6.92 Å². The molecule has 0 aliphatic heterocycles. The third-order valence-electron chi connectivity index (χ3n) is 2.04. The van der Waals surface area contributed by atoms with Gasteiger partial charge in [-0.15, -0.1) is 0 Å². The zero-order chi connectivity index (χ0) is 10.6. The minimum Gasteiger partial charge on any atom is -0.296 e. The zero-order valence-electron chi connectivity index (χ0n) is 7.97. The first-order chi connectivity index (χ1) is 6.61. The summed E-state index contributed by atoms with van der Waals surface area (Å²) in [6, 6.07) is 6.16. The van der Waals surface area contributed by atoms with Gasteiger partial charge in [-0.3, -0.25) is 4.79 Å². The normalized spacial score (nSPS) is 11.4. The summed E-state index contributed by atoms with van der Waals surface area (Å²) in [4.78, 5) is 10.2. The maximum atomic E-state index is 13.1. The lowest BCUT2D eigenvalue weighted by Gasteiger charge is -2.13. The molecule has 3 heteroatoms. The summed E-state index contributed by atoms with van der Waals surface area (Å²) < 4.78 is 26.2. The quantitative estimate of drug-likeness (QED) is 0.680. The molecule has 76 valence electrons. The van der Waals surface area contributed by atoms with Gasteiger partial charge in [0.15, 0.2) is 6.29 Å². The van der Waals surface area contributed by atoms with Crippen LogP contribution < -0.4 is 0 Å². The van der Waals surface area contributed by atoms with E-state index in [9.17, 15) is 13.6 Å². The third-order valence-corrected chi connectivity index (χ3v) is 2.04. The second-order valence-corrected chi connectivity index (χ2v) is 3.15. The first-order valence-corrected chi connectivity index (χ1v) is 4.54. The van der Waals surface area contributed by atoms with Crippen LogP contribution in [0.5, 0.6) is 0 Å². The molecule has 1 nitrogen and oxygen atoms in total. The topological polar surface area (TPSA) is 17.1 Å². The Morgan fingerprint density at radius 3 is 2.57 bits per heavy atom. The Balaban J connectivity index is 3.12. The number of hydrogen-bond acceptors (Lipinski definition) is 1. The molecule has 0 fully saturated rings. The van der Waals surface area contributed by atoms with Crippen LogP contribution in [0.2, 0.25) is 0 Å². The molecule has 0 aliphatic rings. The van der Waals surface area contributed by atoms with E-state index in [2.05, 4.69) is 0 Å². The van der Waals surface area contributed by atoms with Crippen LogP contribution in [0.4, 0.5) is 8.78 Å². The molecule has 0 unspecified atom stereocenters. The zero-order valence-corrected chi connectivity index (χ0v) is 7.97. The Hall–Kier alpha value is -1.25. The molecule has 1 aromatic rings. The number of carbonyl (C=O) groups is 1. The fourth-order valence-corrected chi connectivity index (χ4v) is 1.40. The molecular weight excluding hydrogens is 186 g/mol. The number of aryl methyl sites for hydroxylation is 1. The molecule has 0 amide bonds. The minimum absolute atomic E-state index is 0.170. The molecule has 0 bridgehead atoms. The van der Waals surface area contributed by atoms with Gasteiger partial charge < -0.3 is 0 Å². The minimum atomic E-state index is -3.36. The fraction of sp³-hybridized carbons (Fsp3) is 0.364. The SMILES string of the molecule is CCCc1ccccc1C(F)(F)C=O. The van der Waals surface area contributed by atoms with Crippen LogP contribution in [0.3, 0.4) is 0 Å². The maximum Gasteiger partial charge on any atom is 0.327 e. The molecule has 0 radical (unpaired) electrons. The molecule has 0 spiro atoms. The molecular formula is C11H12F2O. The molecule has 0 N–H and O–H groups in total. The van der Waals surface area contributed by atoms with Gasteiger partial charge in [0.2, 0.25) is 0 Å². The van der Waals surface area contributed by atoms with E-state index < -0.39 is 5.92 Å². The van der Waals surface area contributed by atoms with E-state index in [1.165, 1.54) is 12.1 Å². The smallest absolute Gasteiger partial charge is 0.296 e. The highest BCUT2D eigenvalue weighted by atomic mass is 19.3. The standard InChI is InChI=1S/C11H12F2O/c1-2-5-9-6-3-4-7-10(9)11(12,13)8-14/h3-4,6-8H,2,5H2,1H3. The number of benzene rings is 1. The Morgan fingerprint density at radius 1 is 1.36 bits per heavy atom. The van der Waals surface area contributed by atoms with Crippen LogP contribution in [0.15, 0.2) is 24.3 Å². The van der Waals surface area contributed by atoms with Crippen molar-refractivity contribution in [2.45, 2.75) is 25.7 Å². The first-order valence-electron chi connectivity index (χ1n) is 4.54. The number of alkyl halides is 2. The second-order valence-electron chi connectivity index (χ2n) is 3.15. The van der Waals surface area contributed by atoms with Crippen molar-refractivity contribution >= 4 is 6.29 Å². The van der Waals surface area contributed by atoms with Crippen LogP contribution in [-0.2, 0) is 17.1 Å². The van der Waals surface area contributed by atoms with Crippen LogP contribution in [0, 0.1) is 0 Å². The molecule has 0 saturated carbocycles. The average Bonchev–Trinajstić information content (AvgIpc) is 2.19. The largest absolute Gasteiger partial charge is 0.327 e. The number of carbonyl (C=O) groups excluding carboxylic acids is 1. The highest BCUT2D eigenvalue weighted by molar-refractivity contribution is 5.64. The Bertz CT molecular complexity index is 321. The summed E-state index contributed by atoms with van der Waals surface area (Å²) in [5.74, 6) is -3.36. The summed E-state index contributed by atoms with van der Waals surface area (Å²) in [5.41, 5.74) is 0.379. The summed E-state index contributed by atoms with van der Waals surface area (Å²) in [6.07, 6.45) is 1.05. The molecule has 0 atom stereocenters. The molecule has 0 heterocycles. The molecule has 0 saturated heterocycles. The highest BCUT2D eigenvalue weighted by Crippen LogP contribution is 2.28. The lowest BCUT2D eigenvalue weighted by atomic mass is 9.99. The van der Waals surface area contributed by atoms with E-state index in [1.54, 1.807) is 12.1 Å². The molecule has 14 heavy (non-hydrogen) atoms. The average molecular weight is 198 g/mol. The van der Waals surface area contributed by atoms with Crippen molar-refractivity contribution in [3.8, 4) is 0 Å². The third kappa shape index (κ3) is 2.16. The predicted molar refractivity (Wildman–Crippen MR) is 50.4 cm³/mol. The van der Waals surface area contributed by atoms with Crippen molar-refractivity contribution in [3.05, 3.63) is 35.4 Å². The van der Waals surface area contributed by atoms with Gasteiger partial charge in [-0.1, -0.05) is 37.6 Å². The number of hydrogen-bond donors (Lipinski definition) is 0. The molecule has 0 aliphatic carbocycles. The van der Waals surface area contributed by atoms with E-state index in [0.717, 1.165) is 6.42 Å². The number of rotatable bonds is 4. The van der Waals surface area contributed by atoms with E-state index in [0.29, 0.717) is 12.0 Å². The van der Waals surface area contributed by atoms with Crippen LogP contribution in [0.1, 0.15) is 24.5 Å². The van der Waals surface area contributed by atoms with Gasteiger partial charge in [0, 0.05) is 5.56 Å². The van der Waals surface area contributed by atoms with Crippen molar-refractivity contribution in [2.24, 2.45) is 0 Å². The van der Waals surface area contributed by atoms with Gasteiger partial charge in [0.1, 0.15) is 0 Å². The van der Waals surface area contributed by atoms with Crippen molar-refractivity contribution in [3.63, 3.8) is 0 Å². The van der Waals surface area contributed by atoms with Crippen molar-refractivity contribution < 1.29 is 13.6 Å². The predicted octanol–water partition coefficient (Wildman–Crippen LogP) is 2.93. The highest BCUT2D eigenvalue weighted by Gasteiger charge is 2.32. The van der Waals surface area contributed by atoms with Crippen molar-refractivity contribution in [1.29, 1.82) is 0 Å². The summed E-state index contributed by atoms with van der Waals surface area (Å²) in [7, 11) is 0. The lowest BCUT2D eigenvalue weighted by molar-refractivity contribution is -0.130. The van der Waals surface area contributed by atoms with Gasteiger partial charge in [-0.25, -0.2) is 0 Å². The van der Waals surface area contributed by atoms with E-state index in [4.69, 9.17) is 0 Å². The van der Waals surface area contributed by atoms with Crippen LogP contribution in [0.25, 0.3) is 0 Å². The van der Waals surface area contributed by atoms with Gasteiger partial charge in [-0.2, -0.15) is 8.78 Å². The fourth-order valence-electron chi connectivity index (χ4n) is 1.40. The Morgan fingerprint density at radius 2 is 2.00 bits per heavy atom. The van der Waals surface area contributed by atoms with Crippen LogP contribution >= 0.6 is 0 Å². The lowest BCUT2D eigenvalue weighted by Crippen LogP contribution is -2.17. The monoisotopic (exact) mass is 198 g/mol. The van der Waals surface area contributed by atoms with E-state index >= 15 is 0 Å². The molecule has 1 rings (SSSR count). The molecule has 0 aromatic heterocycles. The van der Waals surface area contributed by atoms with Crippen molar-refractivity contribution in [1.82, 2.24) is 0 Å². The van der Waals surface area contributed by atoms with Gasteiger partial charge in [0.05, 0.1) is 0 Å². The second kappa shape index (κ2) is 4.31. The Labute approximate surface area is 81.7 Å². The summed E-state index contributed by atoms with van der Waals surface area (Å²) in [6.45, 7) is 1.91. The van der Waals surface area contributed by atoms with Gasteiger partial charge >= 0.3 is 5.92 Å².